The molecule has 3 heteroatoms. The maximum atomic E-state index is 5.87. The van der Waals surface area contributed by atoms with Crippen LogP contribution < -0.4 is 0 Å². The molecule has 0 aliphatic rings. The van der Waals surface area contributed by atoms with Gasteiger partial charge in [-0.2, -0.15) is 0 Å². The molecule has 152 valence electrons. The van der Waals surface area contributed by atoms with Crippen LogP contribution in [-0.4, -0.2) is 16.7 Å². The average molecular weight is 397 g/mol. The Kier molecular flexibility index (Phi) is 5.82. The molecule has 0 aliphatic carbocycles. The van der Waals surface area contributed by atoms with Crippen molar-refractivity contribution in [2.45, 2.75) is 33.4 Å². The highest BCUT2D eigenvalue weighted by Crippen LogP contribution is 2.28. The van der Waals surface area contributed by atoms with Crippen molar-refractivity contribution in [3.05, 3.63) is 113 Å². The number of hydrogen-bond acceptors (Lipinski definition) is 2. The van der Waals surface area contributed by atoms with Gasteiger partial charge in [0.1, 0.15) is 6.10 Å². The van der Waals surface area contributed by atoms with Crippen LogP contribution in [0, 0.1) is 20.8 Å². The Hall–Kier alpha value is -3.17. The largest absolute Gasteiger partial charge is 0.370 e. The smallest absolute Gasteiger partial charge is 0.124 e. The van der Waals surface area contributed by atoms with Gasteiger partial charge in [0.2, 0.25) is 0 Å². The SMILES string of the molecule is COC(c1cccc(C)c1)c1cncn1Cc1ccc(-c2cccc(C)c2)cc1C. The first kappa shape index (κ1) is 20.1. The zero-order valence-corrected chi connectivity index (χ0v) is 18.1. The van der Waals surface area contributed by atoms with Gasteiger partial charge in [-0.1, -0.05) is 77.9 Å². The third-order valence-corrected chi connectivity index (χ3v) is 5.63. The lowest BCUT2D eigenvalue weighted by atomic mass is 9.98. The molecule has 0 bridgehead atoms. The van der Waals surface area contributed by atoms with E-state index in [1.165, 1.54) is 33.4 Å². The highest BCUT2D eigenvalue weighted by Gasteiger charge is 2.18. The van der Waals surface area contributed by atoms with Crippen LogP contribution in [0.2, 0.25) is 0 Å². The summed E-state index contributed by atoms with van der Waals surface area (Å²) in [6.45, 7) is 7.18. The quantitative estimate of drug-likeness (QED) is 0.385. The summed E-state index contributed by atoms with van der Waals surface area (Å²) in [7, 11) is 1.76. The third-order valence-electron chi connectivity index (χ3n) is 5.63. The Labute approximate surface area is 179 Å². The molecule has 0 amide bonds. The number of benzene rings is 3. The molecule has 1 unspecified atom stereocenters. The van der Waals surface area contributed by atoms with E-state index in [-0.39, 0.29) is 6.10 Å². The van der Waals surface area contributed by atoms with Crippen LogP contribution in [0.1, 0.15) is 39.6 Å². The van der Waals surface area contributed by atoms with Crippen molar-refractivity contribution in [1.82, 2.24) is 9.55 Å². The molecule has 4 aromatic rings. The molecule has 0 saturated heterocycles. The number of aromatic nitrogens is 2. The van der Waals surface area contributed by atoms with Gasteiger partial charge in [-0.25, -0.2) is 4.98 Å². The van der Waals surface area contributed by atoms with Gasteiger partial charge in [-0.05, 0) is 48.6 Å². The number of hydrogen-bond donors (Lipinski definition) is 0. The molecule has 0 spiro atoms. The predicted octanol–water partition coefficient (Wildman–Crippen LogP) is 6.26. The van der Waals surface area contributed by atoms with Gasteiger partial charge in [0, 0.05) is 13.7 Å². The monoisotopic (exact) mass is 396 g/mol. The minimum Gasteiger partial charge on any atom is -0.370 e. The minimum absolute atomic E-state index is 0.140. The molecular weight excluding hydrogens is 368 g/mol. The summed E-state index contributed by atoms with van der Waals surface area (Å²) in [5.74, 6) is 0. The third kappa shape index (κ3) is 4.22. The van der Waals surface area contributed by atoms with Crippen molar-refractivity contribution in [2.24, 2.45) is 0 Å². The molecule has 0 saturated carbocycles. The highest BCUT2D eigenvalue weighted by molar-refractivity contribution is 5.65. The van der Waals surface area contributed by atoms with Crippen LogP contribution in [0.25, 0.3) is 11.1 Å². The van der Waals surface area contributed by atoms with E-state index in [1.54, 1.807) is 7.11 Å². The molecule has 1 aromatic heterocycles. The predicted molar refractivity (Wildman–Crippen MR) is 123 cm³/mol. The molecule has 0 N–H and O–H groups in total. The van der Waals surface area contributed by atoms with Gasteiger partial charge in [0.25, 0.3) is 0 Å². The molecule has 0 fully saturated rings. The lowest BCUT2D eigenvalue weighted by molar-refractivity contribution is 0.130. The van der Waals surface area contributed by atoms with Crippen molar-refractivity contribution >= 4 is 0 Å². The summed E-state index contributed by atoms with van der Waals surface area (Å²) in [6, 6.07) is 23.8. The number of rotatable bonds is 6. The van der Waals surface area contributed by atoms with Crippen LogP contribution in [0.4, 0.5) is 0 Å². The van der Waals surface area contributed by atoms with Gasteiger partial charge in [0.05, 0.1) is 18.2 Å². The first-order chi connectivity index (χ1) is 14.5. The fourth-order valence-electron chi connectivity index (χ4n) is 4.00. The van der Waals surface area contributed by atoms with Crippen LogP contribution >= 0.6 is 0 Å². The summed E-state index contributed by atoms with van der Waals surface area (Å²) in [6.07, 6.45) is 3.66. The maximum Gasteiger partial charge on any atom is 0.124 e. The lowest BCUT2D eigenvalue weighted by Crippen LogP contribution is -2.12. The van der Waals surface area contributed by atoms with Crippen molar-refractivity contribution in [2.75, 3.05) is 7.11 Å². The summed E-state index contributed by atoms with van der Waals surface area (Å²) in [5, 5.41) is 0. The van der Waals surface area contributed by atoms with Crippen molar-refractivity contribution in [3.8, 4) is 11.1 Å². The molecule has 30 heavy (non-hydrogen) atoms. The van der Waals surface area contributed by atoms with Crippen molar-refractivity contribution in [1.29, 1.82) is 0 Å². The molecule has 0 radical (unpaired) electrons. The Morgan fingerprint density at radius 2 is 1.60 bits per heavy atom. The second-order valence-electron chi connectivity index (χ2n) is 7.99. The number of imidazole rings is 1. The Morgan fingerprint density at radius 1 is 0.867 bits per heavy atom. The van der Waals surface area contributed by atoms with Gasteiger partial charge < -0.3 is 9.30 Å². The summed E-state index contributed by atoms with van der Waals surface area (Å²) >= 11 is 0. The zero-order valence-electron chi connectivity index (χ0n) is 18.1. The number of ether oxygens (including phenoxy) is 1. The van der Waals surface area contributed by atoms with E-state index >= 15 is 0 Å². The normalized spacial score (nSPS) is 12.1. The second kappa shape index (κ2) is 8.68. The van der Waals surface area contributed by atoms with E-state index in [4.69, 9.17) is 4.74 Å². The maximum absolute atomic E-state index is 5.87. The van der Waals surface area contributed by atoms with Crippen LogP contribution in [0.15, 0.2) is 79.3 Å². The molecule has 1 heterocycles. The molecule has 3 aromatic carbocycles. The number of aryl methyl sites for hydroxylation is 3. The molecule has 1 atom stereocenters. The fourth-order valence-corrected chi connectivity index (χ4v) is 4.00. The second-order valence-corrected chi connectivity index (χ2v) is 7.99. The Bertz CT molecular complexity index is 1160. The molecular formula is C27H28N2O. The van der Waals surface area contributed by atoms with Crippen molar-refractivity contribution in [3.63, 3.8) is 0 Å². The summed E-state index contributed by atoms with van der Waals surface area (Å²) in [4.78, 5) is 4.42. The van der Waals surface area contributed by atoms with E-state index < -0.39 is 0 Å². The van der Waals surface area contributed by atoms with E-state index in [0.29, 0.717) is 0 Å². The van der Waals surface area contributed by atoms with Crippen LogP contribution in [0.5, 0.6) is 0 Å². The van der Waals surface area contributed by atoms with Crippen molar-refractivity contribution < 1.29 is 4.74 Å². The van der Waals surface area contributed by atoms with Gasteiger partial charge in [-0.3, -0.25) is 0 Å². The molecule has 0 aliphatic heterocycles. The van der Waals surface area contributed by atoms with E-state index in [1.807, 2.05) is 12.5 Å². The summed E-state index contributed by atoms with van der Waals surface area (Å²) in [5.41, 5.74) is 9.77. The number of nitrogens with zero attached hydrogens (tertiary/aromatic N) is 2. The van der Waals surface area contributed by atoms with Gasteiger partial charge in [-0.15, -0.1) is 0 Å². The van der Waals surface area contributed by atoms with Crippen LogP contribution in [0.3, 0.4) is 0 Å². The Morgan fingerprint density at radius 3 is 2.30 bits per heavy atom. The van der Waals surface area contributed by atoms with E-state index in [9.17, 15) is 0 Å². The summed E-state index contributed by atoms with van der Waals surface area (Å²) < 4.78 is 8.06. The van der Waals surface area contributed by atoms with E-state index in [0.717, 1.165) is 17.8 Å². The average Bonchev–Trinajstić information content (AvgIpc) is 3.18. The standard InChI is InChI=1S/C27H28N2O/c1-19-7-5-9-22(13-19)23-11-12-25(21(3)15-23)17-29-18-28-16-26(29)27(30-4)24-10-6-8-20(2)14-24/h5-16,18,27H,17H2,1-4H3. The number of methoxy groups -OCH3 is 1. The van der Waals surface area contributed by atoms with E-state index in [2.05, 4.69) is 97.1 Å². The minimum atomic E-state index is -0.140. The fraction of sp³-hybridized carbons (Fsp3) is 0.222. The molecule has 4 rings (SSSR count). The Balaban J connectivity index is 1.62. The first-order valence-corrected chi connectivity index (χ1v) is 10.3. The topological polar surface area (TPSA) is 27.1 Å². The van der Waals surface area contributed by atoms with Gasteiger partial charge >= 0.3 is 0 Å². The van der Waals surface area contributed by atoms with Crippen LogP contribution in [-0.2, 0) is 11.3 Å². The molecule has 3 nitrogen and oxygen atoms in total. The highest BCUT2D eigenvalue weighted by atomic mass is 16.5. The zero-order chi connectivity index (χ0) is 21.1. The first-order valence-electron chi connectivity index (χ1n) is 10.3. The van der Waals surface area contributed by atoms with Gasteiger partial charge in [0.15, 0.2) is 0 Å². The lowest BCUT2D eigenvalue weighted by Gasteiger charge is -2.19.